The molecule has 1 aromatic heterocycles. The van der Waals surface area contributed by atoms with E-state index in [2.05, 4.69) is 25.3 Å². The van der Waals surface area contributed by atoms with Crippen molar-refractivity contribution in [2.75, 3.05) is 16.6 Å². The van der Waals surface area contributed by atoms with Crippen LogP contribution >= 0.6 is 12.2 Å². The van der Waals surface area contributed by atoms with Gasteiger partial charge in [-0.15, -0.1) is 0 Å². The van der Waals surface area contributed by atoms with Crippen molar-refractivity contribution in [1.29, 1.82) is 0 Å². The lowest BCUT2D eigenvalue weighted by molar-refractivity contribution is 0.0977. The Hall–Kier alpha value is -4.35. The molecule has 0 bridgehead atoms. The van der Waals surface area contributed by atoms with Gasteiger partial charge < -0.3 is 10.1 Å². The maximum absolute atomic E-state index is 12.7. The Balaban J connectivity index is 1.27. The number of sulfonamides is 1. The highest BCUT2D eigenvalue weighted by molar-refractivity contribution is 7.92. The van der Waals surface area contributed by atoms with E-state index in [0.717, 1.165) is 6.42 Å². The highest BCUT2D eigenvalue weighted by Crippen LogP contribution is 2.17. The summed E-state index contributed by atoms with van der Waals surface area (Å²) < 4.78 is 33.5. The van der Waals surface area contributed by atoms with E-state index >= 15 is 0 Å². The fraction of sp³-hybridized carbons (Fsp3) is 0.143. The van der Waals surface area contributed by atoms with E-state index in [1.54, 1.807) is 44.2 Å². The summed E-state index contributed by atoms with van der Waals surface area (Å²) in [6.45, 7) is 4.04. The van der Waals surface area contributed by atoms with Crippen LogP contribution < -0.4 is 20.1 Å². The molecule has 3 N–H and O–H groups in total. The van der Waals surface area contributed by atoms with E-state index in [0.29, 0.717) is 35.0 Å². The van der Waals surface area contributed by atoms with Crippen LogP contribution in [0.1, 0.15) is 27.3 Å². The smallest absolute Gasteiger partial charge is 0.264 e. The van der Waals surface area contributed by atoms with Crippen molar-refractivity contribution in [3.63, 3.8) is 0 Å². The fourth-order valence-electron chi connectivity index (χ4n) is 3.64. The van der Waals surface area contributed by atoms with Gasteiger partial charge in [-0.05, 0) is 86.2 Å². The molecule has 0 aliphatic rings. The Labute approximate surface area is 232 Å². The monoisotopic (exact) mass is 561 g/mol. The van der Waals surface area contributed by atoms with E-state index in [9.17, 15) is 13.2 Å². The number of nitrogens with one attached hydrogen (secondary N) is 3. The predicted octanol–water partition coefficient (Wildman–Crippen LogP) is 4.64. The molecule has 4 rings (SSSR count). The number of ether oxygens (including phenoxy) is 1. The zero-order valence-corrected chi connectivity index (χ0v) is 23.0. The Bertz CT molecular complexity index is 1540. The van der Waals surface area contributed by atoms with Crippen molar-refractivity contribution >= 4 is 44.9 Å². The van der Waals surface area contributed by atoms with Crippen LogP contribution in [0.3, 0.4) is 0 Å². The molecule has 0 spiro atoms. The molecule has 9 nitrogen and oxygen atoms in total. The first-order valence-electron chi connectivity index (χ1n) is 12.0. The third-order valence-corrected chi connectivity index (χ3v) is 7.02. The molecule has 3 aromatic carbocycles. The number of aromatic nitrogens is 2. The third kappa shape index (κ3) is 8.06. The number of benzene rings is 3. The van der Waals surface area contributed by atoms with Crippen molar-refractivity contribution in [3.8, 4) is 5.75 Å². The standard InChI is InChI=1S/C28H27N5O4S2/c1-19-18-20(2)30-27(29-19)33-39(35,36)25-14-10-23(11-15-25)31-28(38)32-26(34)22-8-12-24(13-9-22)37-17-16-21-6-4-3-5-7-21/h3-15,18H,16-17H2,1-2H3,(H,29,30,33)(H2,31,32,34,38). The van der Waals surface area contributed by atoms with Gasteiger partial charge >= 0.3 is 0 Å². The molecule has 11 heteroatoms. The number of carbonyl (C=O) groups excluding carboxylic acids is 1. The number of thiocarbonyl (C=S) groups is 1. The van der Waals surface area contributed by atoms with E-state index in [1.807, 2.05) is 30.3 Å². The summed E-state index contributed by atoms with van der Waals surface area (Å²) in [4.78, 5) is 20.8. The first-order chi connectivity index (χ1) is 18.7. The normalized spacial score (nSPS) is 10.9. The summed E-state index contributed by atoms with van der Waals surface area (Å²) >= 11 is 5.24. The van der Waals surface area contributed by atoms with Crippen molar-refractivity contribution < 1.29 is 17.9 Å². The third-order valence-electron chi connectivity index (χ3n) is 5.48. The molecule has 0 atom stereocenters. The van der Waals surface area contributed by atoms with Gasteiger partial charge in [-0.25, -0.2) is 23.1 Å². The summed E-state index contributed by atoms with van der Waals surface area (Å²) in [5.41, 5.74) is 3.41. The number of anilines is 2. The lowest BCUT2D eigenvalue weighted by Gasteiger charge is -2.12. The van der Waals surface area contributed by atoms with Crippen LogP contribution in [0.2, 0.25) is 0 Å². The topological polar surface area (TPSA) is 122 Å². The summed E-state index contributed by atoms with van der Waals surface area (Å²) in [5, 5.41) is 5.56. The van der Waals surface area contributed by atoms with Gasteiger partial charge in [-0.3, -0.25) is 10.1 Å². The summed E-state index contributed by atoms with van der Waals surface area (Å²) in [7, 11) is -3.89. The maximum Gasteiger partial charge on any atom is 0.264 e. The number of hydrogen-bond donors (Lipinski definition) is 3. The predicted molar refractivity (Wildman–Crippen MR) is 155 cm³/mol. The molecule has 0 saturated heterocycles. The lowest BCUT2D eigenvalue weighted by Crippen LogP contribution is -2.34. The quantitative estimate of drug-likeness (QED) is 0.253. The lowest BCUT2D eigenvalue weighted by atomic mass is 10.2. The molecule has 0 aliphatic heterocycles. The molecule has 0 fully saturated rings. The minimum absolute atomic E-state index is 0.00497. The van der Waals surface area contributed by atoms with Crippen molar-refractivity contribution in [2.45, 2.75) is 25.2 Å². The highest BCUT2D eigenvalue weighted by atomic mass is 32.2. The average molecular weight is 562 g/mol. The van der Waals surface area contributed by atoms with Crippen LogP contribution in [0.4, 0.5) is 11.6 Å². The van der Waals surface area contributed by atoms with Crippen LogP contribution in [-0.4, -0.2) is 36.0 Å². The Morgan fingerprint density at radius 3 is 2.18 bits per heavy atom. The second-order valence-electron chi connectivity index (χ2n) is 8.62. The van der Waals surface area contributed by atoms with Crippen molar-refractivity contribution in [1.82, 2.24) is 15.3 Å². The Kier molecular flexibility index (Phi) is 8.84. The minimum atomic E-state index is -3.89. The second kappa shape index (κ2) is 12.5. The van der Waals surface area contributed by atoms with Gasteiger partial charge in [0, 0.05) is 29.1 Å². The molecule has 0 radical (unpaired) electrons. The Morgan fingerprint density at radius 2 is 1.54 bits per heavy atom. The first-order valence-corrected chi connectivity index (χ1v) is 13.9. The van der Waals surface area contributed by atoms with Crippen LogP contribution in [0, 0.1) is 13.8 Å². The number of rotatable bonds is 9. The molecule has 1 heterocycles. The van der Waals surface area contributed by atoms with Gasteiger partial charge in [0.25, 0.3) is 15.9 Å². The Morgan fingerprint density at radius 1 is 0.897 bits per heavy atom. The number of aryl methyl sites for hydroxylation is 2. The molecule has 0 saturated carbocycles. The number of carbonyl (C=O) groups is 1. The molecule has 4 aromatic rings. The highest BCUT2D eigenvalue weighted by Gasteiger charge is 2.16. The molecule has 39 heavy (non-hydrogen) atoms. The largest absolute Gasteiger partial charge is 0.493 e. The SMILES string of the molecule is Cc1cc(C)nc(NS(=O)(=O)c2ccc(NC(=S)NC(=O)c3ccc(OCCc4ccccc4)cc3)cc2)n1. The van der Waals surface area contributed by atoms with Crippen LogP contribution in [0.15, 0.2) is 89.8 Å². The molecule has 1 amide bonds. The van der Waals surface area contributed by atoms with Gasteiger partial charge in [0.05, 0.1) is 11.5 Å². The van der Waals surface area contributed by atoms with Crippen LogP contribution in [0.25, 0.3) is 0 Å². The van der Waals surface area contributed by atoms with Crippen LogP contribution in [-0.2, 0) is 16.4 Å². The number of nitrogens with zero attached hydrogens (tertiary/aromatic N) is 2. The van der Waals surface area contributed by atoms with Gasteiger partial charge in [0.1, 0.15) is 5.75 Å². The second-order valence-corrected chi connectivity index (χ2v) is 10.7. The summed E-state index contributed by atoms with van der Waals surface area (Å²) in [6, 6.07) is 24.5. The number of hydrogen-bond acceptors (Lipinski definition) is 7. The van der Waals surface area contributed by atoms with Crippen LogP contribution in [0.5, 0.6) is 5.75 Å². The van der Waals surface area contributed by atoms with Crippen molar-refractivity contribution in [2.24, 2.45) is 0 Å². The minimum Gasteiger partial charge on any atom is -0.493 e. The molecular weight excluding hydrogens is 534 g/mol. The van der Waals surface area contributed by atoms with E-state index in [-0.39, 0.29) is 21.9 Å². The van der Waals surface area contributed by atoms with Gasteiger partial charge in [-0.1, -0.05) is 30.3 Å². The molecule has 0 aliphatic carbocycles. The average Bonchev–Trinajstić information content (AvgIpc) is 2.89. The number of amides is 1. The van der Waals surface area contributed by atoms with Gasteiger partial charge in [-0.2, -0.15) is 0 Å². The molecular formula is C28H27N5O4S2. The summed E-state index contributed by atoms with van der Waals surface area (Å²) in [5.74, 6) is 0.280. The molecule has 0 unspecified atom stereocenters. The van der Waals surface area contributed by atoms with E-state index < -0.39 is 10.0 Å². The fourth-order valence-corrected chi connectivity index (χ4v) is 4.79. The van der Waals surface area contributed by atoms with E-state index in [4.69, 9.17) is 17.0 Å². The zero-order chi connectivity index (χ0) is 27.8. The molecule has 200 valence electrons. The van der Waals surface area contributed by atoms with E-state index in [1.165, 1.54) is 29.8 Å². The van der Waals surface area contributed by atoms with Gasteiger partial charge in [0.15, 0.2) is 5.11 Å². The van der Waals surface area contributed by atoms with Gasteiger partial charge in [0.2, 0.25) is 5.95 Å². The zero-order valence-electron chi connectivity index (χ0n) is 21.3. The maximum atomic E-state index is 12.7. The van der Waals surface area contributed by atoms with Crippen molar-refractivity contribution in [3.05, 3.63) is 107 Å². The first kappa shape index (κ1) is 27.7. The summed E-state index contributed by atoms with van der Waals surface area (Å²) in [6.07, 6.45) is 0.785.